The van der Waals surface area contributed by atoms with Gasteiger partial charge in [-0.15, -0.1) is 0 Å². The number of amides is 1. The summed E-state index contributed by atoms with van der Waals surface area (Å²) in [4.78, 5) is 37.4. The molecule has 6 heteroatoms. The maximum atomic E-state index is 12.0. The van der Waals surface area contributed by atoms with Crippen LogP contribution in [-0.2, 0) is 25.5 Å². The molecule has 2 rings (SSSR count). The van der Waals surface area contributed by atoms with Crippen LogP contribution in [0.3, 0.4) is 0 Å². The van der Waals surface area contributed by atoms with Crippen LogP contribution in [0.2, 0.25) is 0 Å². The zero-order valence-electron chi connectivity index (χ0n) is 12.5. The number of rotatable bonds is 6. The molecule has 1 aromatic carbocycles. The number of aromatic amines is 1. The van der Waals surface area contributed by atoms with Crippen LogP contribution in [-0.4, -0.2) is 35.3 Å². The van der Waals surface area contributed by atoms with Crippen molar-refractivity contribution in [2.75, 3.05) is 6.61 Å². The first-order chi connectivity index (χ1) is 10.5. The SMILES string of the molecule is CC(=O)COC(=O)[C@H](Cc1c[nH]c2ccccc12)NC(C)=O. The fourth-order valence-electron chi connectivity index (χ4n) is 2.23. The number of fused-ring (bicyclic) bond motifs is 1. The number of esters is 1. The van der Waals surface area contributed by atoms with Gasteiger partial charge in [-0.05, 0) is 18.6 Å². The molecule has 0 aliphatic rings. The molecule has 22 heavy (non-hydrogen) atoms. The van der Waals surface area contributed by atoms with Crippen LogP contribution in [0.5, 0.6) is 0 Å². The highest BCUT2D eigenvalue weighted by Gasteiger charge is 2.23. The second kappa shape index (κ2) is 6.89. The molecule has 0 aliphatic carbocycles. The van der Waals surface area contributed by atoms with Crippen LogP contribution >= 0.6 is 0 Å². The summed E-state index contributed by atoms with van der Waals surface area (Å²) < 4.78 is 4.91. The van der Waals surface area contributed by atoms with Gasteiger partial charge in [0.25, 0.3) is 0 Å². The number of aromatic nitrogens is 1. The third-order valence-corrected chi connectivity index (χ3v) is 3.18. The predicted octanol–water partition coefficient (Wildman–Crippen LogP) is 1.35. The Kier molecular flexibility index (Phi) is 4.93. The molecule has 1 heterocycles. The normalized spacial score (nSPS) is 11.9. The van der Waals surface area contributed by atoms with Crippen molar-refractivity contribution >= 4 is 28.6 Å². The van der Waals surface area contributed by atoms with E-state index in [1.807, 2.05) is 24.3 Å². The zero-order chi connectivity index (χ0) is 16.1. The van der Waals surface area contributed by atoms with Gasteiger partial charge in [-0.25, -0.2) is 4.79 Å². The molecule has 0 radical (unpaired) electrons. The molecule has 0 saturated carbocycles. The Morgan fingerprint density at radius 1 is 1.23 bits per heavy atom. The third kappa shape index (κ3) is 3.94. The van der Waals surface area contributed by atoms with Gasteiger partial charge in [-0.2, -0.15) is 0 Å². The average Bonchev–Trinajstić information content (AvgIpc) is 2.87. The maximum Gasteiger partial charge on any atom is 0.329 e. The topological polar surface area (TPSA) is 88.3 Å². The summed E-state index contributed by atoms with van der Waals surface area (Å²) in [6.07, 6.45) is 2.10. The summed E-state index contributed by atoms with van der Waals surface area (Å²) >= 11 is 0. The second-order valence-corrected chi connectivity index (χ2v) is 5.13. The monoisotopic (exact) mass is 302 g/mol. The number of para-hydroxylation sites is 1. The van der Waals surface area contributed by atoms with Crippen LogP contribution in [0.15, 0.2) is 30.5 Å². The quantitative estimate of drug-likeness (QED) is 0.788. The van der Waals surface area contributed by atoms with E-state index in [-0.39, 0.29) is 18.3 Å². The standard InChI is InChI=1S/C16H18N2O4/c1-10(19)9-22-16(21)15(18-11(2)20)7-12-8-17-14-6-4-3-5-13(12)14/h3-6,8,15,17H,7,9H2,1-2H3,(H,18,20)/t15-/m0/s1. The Bertz CT molecular complexity index is 705. The minimum Gasteiger partial charge on any atom is -0.456 e. The van der Waals surface area contributed by atoms with E-state index in [1.54, 1.807) is 6.20 Å². The number of H-pyrrole nitrogens is 1. The van der Waals surface area contributed by atoms with Crippen LogP contribution in [0.25, 0.3) is 10.9 Å². The van der Waals surface area contributed by atoms with E-state index in [4.69, 9.17) is 4.74 Å². The van der Waals surface area contributed by atoms with Crippen molar-refractivity contribution < 1.29 is 19.1 Å². The molecule has 0 unspecified atom stereocenters. The Hall–Kier alpha value is -2.63. The van der Waals surface area contributed by atoms with E-state index in [9.17, 15) is 14.4 Å². The number of ketones is 1. The van der Waals surface area contributed by atoms with Crippen LogP contribution in [0.4, 0.5) is 0 Å². The molecule has 1 amide bonds. The molecule has 0 bridgehead atoms. The first-order valence-corrected chi connectivity index (χ1v) is 6.95. The zero-order valence-corrected chi connectivity index (χ0v) is 12.5. The van der Waals surface area contributed by atoms with Gasteiger partial charge in [0.15, 0.2) is 5.78 Å². The van der Waals surface area contributed by atoms with Crippen molar-refractivity contribution in [2.45, 2.75) is 26.3 Å². The molecule has 0 spiro atoms. The van der Waals surface area contributed by atoms with Gasteiger partial charge >= 0.3 is 5.97 Å². The van der Waals surface area contributed by atoms with E-state index in [0.29, 0.717) is 6.42 Å². The number of hydrogen-bond donors (Lipinski definition) is 2. The lowest BCUT2D eigenvalue weighted by molar-refractivity contribution is -0.150. The summed E-state index contributed by atoms with van der Waals surface area (Å²) in [5, 5.41) is 3.55. The van der Waals surface area contributed by atoms with Crippen molar-refractivity contribution in [1.82, 2.24) is 10.3 Å². The lowest BCUT2D eigenvalue weighted by Gasteiger charge is -2.16. The fourth-order valence-corrected chi connectivity index (χ4v) is 2.23. The van der Waals surface area contributed by atoms with Crippen molar-refractivity contribution in [1.29, 1.82) is 0 Å². The molecule has 0 aliphatic heterocycles. The van der Waals surface area contributed by atoms with Gasteiger partial charge in [-0.1, -0.05) is 18.2 Å². The summed E-state index contributed by atoms with van der Waals surface area (Å²) in [6, 6.07) is 6.86. The minimum absolute atomic E-state index is 0.248. The molecule has 2 aromatic rings. The predicted molar refractivity (Wildman–Crippen MR) is 81.2 cm³/mol. The number of nitrogens with one attached hydrogen (secondary N) is 2. The van der Waals surface area contributed by atoms with Gasteiger partial charge in [0, 0.05) is 30.4 Å². The van der Waals surface area contributed by atoms with E-state index in [0.717, 1.165) is 16.5 Å². The molecule has 6 nitrogen and oxygen atoms in total. The number of benzene rings is 1. The molecular weight excluding hydrogens is 284 g/mol. The lowest BCUT2D eigenvalue weighted by atomic mass is 10.0. The maximum absolute atomic E-state index is 12.0. The van der Waals surface area contributed by atoms with Gasteiger partial charge in [0.1, 0.15) is 12.6 Å². The van der Waals surface area contributed by atoms with Gasteiger partial charge in [0.05, 0.1) is 0 Å². The summed E-state index contributed by atoms with van der Waals surface area (Å²) in [5.74, 6) is -1.19. The fraction of sp³-hybridized carbons (Fsp3) is 0.312. The van der Waals surface area contributed by atoms with E-state index in [1.165, 1.54) is 13.8 Å². The molecular formula is C16H18N2O4. The number of ether oxygens (including phenoxy) is 1. The first kappa shape index (κ1) is 15.8. The molecule has 0 fully saturated rings. The highest BCUT2D eigenvalue weighted by Crippen LogP contribution is 2.19. The van der Waals surface area contributed by atoms with Crippen LogP contribution in [0, 0.1) is 0 Å². The summed E-state index contributed by atoms with van der Waals surface area (Å²) in [7, 11) is 0. The Morgan fingerprint density at radius 2 is 1.95 bits per heavy atom. The first-order valence-electron chi connectivity index (χ1n) is 6.95. The smallest absolute Gasteiger partial charge is 0.329 e. The van der Waals surface area contributed by atoms with Crippen molar-refractivity contribution in [3.05, 3.63) is 36.0 Å². The molecule has 2 N–H and O–H groups in total. The minimum atomic E-state index is -0.823. The highest BCUT2D eigenvalue weighted by atomic mass is 16.5. The van der Waals surface area contributed by atoms with Crippen LogP contribution < -0.4 is 5.32 Å². The molecule has 116 valence electrons. The number of carbonyl (C=O) groups excluding carboxylic acids is 3. The number of carbonyl (C=O) groups is 3. The molecule has 1 atom stereocenters. The van der Waals surface area contributed by atoms with E-state index in [2.05, 4.69) is 10.3 Å². The van der Waals surface area contributed by atoms with Gasteiger partial charge in [0.2, 0.25) is 5.91 Å². The van der Waals surface area contributed by atoms with Crippen molar-refractivity contribution in [3.63, 3.8) is 0 Å². The Morgan fingerprint density at radius 3 is 2.64 bits per heavy atom. The second-order valence-electron chi connectivity index (χ2n) is 5.13. The van der Waals surface area contributed by atoms with Crippen LogP contribution in [0.1, 0.15) is 19.4 Å². The number of hydrogen-bond acceptors (Lipinski definition) is 4. The summed E-state index contributed by atoms with van der Waals surface area (Å²) in [5.41, 5.74) is 1.85. The average molecular weight is 302 g/mol. The van der Waals surface area contributed by atoms with Crippen molar-refractivity contribution in [2.24, 2.45) is 0 Å². The van der Waals surface area contributed by atoms with E-state index >= 15 is 0 Å². The number of Topliss-reactive ketones (excluding diaryl/α,β-unsaturated/α-hetero) is 1. The van der Waals surface area contributed by atoms with Gasteiger partial charge < -0.3 is 15.0 Å². The van der Waals surface area contributed by atoms with Gasteiger partial charge in [-0.3, -0.25) is 9.59 Å². The van der Waals surface area contributed by atoms with E-state index < -0.39 is 12.0 Å². The third-order valence-electron chi connectivity index (χ3n) is 3.18. The molecule has 0 saturated heterocycles. The Balaban J connectivity index is 2.17. The molecule has 1 aromatic heterocycles. The summed E-state index contributed by atoms with van der Waals surface area (Å²) in [6.45, 7) is 2.38. The van der Waals surface area contributed by atoms with Crippen molar-refractivity contribution in [3.8, 4) is 0 Å². The largest absolute Gasteiger partial charge is 0.456 e. The lowest BCUT2D eigenvalue weighted by Crippen LogP contribution is -2.42. The highest BCUT2D eigenvalue weighted by molar-refractivity contribution is 5.88. The Labute approximate surface area is 127 Å².